The summed E-state index contributed by atoms with van der Waals surface area (Å²) in [6, 6.07) is 0. The Hall–Kier alpha value is -1.69. The maximum absolute atomic E-state index is 5.48. The van der Waals surface area contributed by atoms with Crippen molar-refractivity contribution in [3.05, 3.63) is 23.8 Å². The molecule has 6 heteroatoms. The van der Waals surface area contributed by atoms with Crippen LogP contribution in [0.25, 0.3) is 5.69 Å². The summed E-state index contributed by atoms with van der Waals surface area (Å²) in [5, 5.41) is 12.3. The van der Waals surface area contributed by atoms with Gasteiger partial charge in [-0.05, 0) is 6.42 Å². The van der Waals surface area contributed by atoms with Crippen LogP contribution in [0.2, 0.25) is 0 Å². The third-order valence-corrected chi connectivity index (χ3v) is 2.21. The van der Waals surface area contributed by atoms with Crippen LogP contribution in [-0.4, -0.2) is 24.8 Å². The molecule has 0 amide bonds. The predicted octanol–water partition coefficient (Wildman–Crippen LogP) is 0.0219. The zero-order valence-electron chi connectivity index (χ0n) is 8.88. The molecule has 2 heterocycles. The topological polar surface area (TPSA) is 74.5 Å². The minimum Gasteiger partial charge on any atom is -0.325 e. The van der Waals surface area contributed by atoms with E-state index in [0.29, 0.717) is 6.54 Å². The summed E-state index contributed by atoms with van der Waals surface area (Å²) in [6.45, 7) is 2.47. The molecule has 0 aromatic carbocycles. The highest BCUT2D eigenvalue weighted by Crippen LogP contribution is 2.12. The highest BCUT2D eigenvalue weighted by molar-refractivity contribution is 5.33. The molecule has 0 aliphatic carbocycles. The first kappa shape index (κ1) is 9.85. The molecule has 2 aromatic heterocycles. The summed E-state index contributed by atoms with van der Waals surface area (Å²) in [4.78, 5) is 0. The van der Waals surface area contributed by atoms with Crippen LogP contribution >= 0.6 is 0 Å². The Morgan fingerprint density at radius 1 is 1.40 bits per heavy atom. The number of aromatic nitrogens is 5. The molecule has 2 aromatic rings. The maximum Gasteiger partial charge on any atom is 0.107 e. The van der Waals surface area contributed by atoms with Gasteiger partial charge in [-0.1, -0.05) is 12.1 Å². The largest absolute Gasteiger partial charge is 0.325 e. The van der Waals surface area contributed by atoms with Crippen molar-refractivity contribution in [2.45, 2.75) is 19.9 Å². The number of rotatable bonds is 3. The Kier molecular flexibility index (Phi) is 2.51. The first-order chi connectivity index (χ1) is 7.24. The van der Waals surface area contributed by atoms with Crippen LogP contribution < -0.4 is 5.73 Å². The minimum atomic E-state index is 0.404. The Morgan fingerprint density at radius 2 is 2.20 bits per heavy atom. The van der Waals surface area contributed by atoms with Gasteiger partial charge in [-0.15, -0.1) is 5.10 Å². The van der Waals surface area contributed by atoms with Gasteiger partial charge in [-0.3, -0.25) is 4.68 Å². The number of aryl methyl sites for hydroxylation is 2. The second-order valence-electron chi connectivity index (χ2n) is 3.35. The second kappa shape index (κ2) is 3.82. The van der Waals surface area contributed by atoms with Gasteiger partial charge >= 0.3 is 0 Å². The van der Waals surface area contributed by atoms with Crippen molar-refractivity contribution >= 4 is 0 Å². The molecule has 0 unspecified atom stereocenters. The van der Waals surface area contributed by atoms with Gasteiger partial charge in [0.05, 0.1) is 23.8 Å². The van der Waals surface area contributed by atoms with Crippen molar-refractivity contribution in [3.63, 3.8) is 0 Å². The highest BCUT2D eigenvalue weighted by Gasteiger charge is 2.09. The fraction of sp³-hybridized carbons (Fsp3) is 0.444. The first-order valence-electron chi connectivity index (χ1n) is 4.88. The maximum atomic E-state index is 5.48. The van der Waals surface area contributed by atoms with Crippen LogP contribution in [0.5, 0.6) is 0 Å². The fourth-order valence-corrected chi connectivity index (χ4v) is 1.47. The Bertz CT molecular complexity index is 455. The summed E-state index contributed by atoms with van der Waals surface area (Å²) in [7, 11) is 1.89. The molecule has 0 bridgehead atoms. The number of nitrogens with zero attached hydrogens (tertiary/aromatic N) is 5. The molecule has 2 N–H and O–H groups in total. The van der Waals surface area contributed by atoms with Crippen LogP contribution in [0.4, 0.5) is 0 Å². The standard InChI is InChI=1S/C9H14N6/c1-3-8-9(6-14(2)12-8)15-5-7(4-10)11-13-15/h5-6H,3-4,10H2,1-2H3. The van der Waals surface area contributed by atoms with Crippen molar-refractivity contribution in [1.29, 1.82) is 0 Å². The Balaban J connectivity index is 2.43. The van der Waals surface area contributed by atoms with Crippen molar-refractivity contribution in [2.24, 2.45) is 12.8 Å². The number of hydrogen-bond acceptors (Lipinski definition) is 4. The van der Waals surface area contributed by atoms with Gasteiger partial charge in [0.25, 0.3) is 0 Å². The molecule has 0 fully saturated rings. The quantitative estimate of drug-likeness (QED) is 0.768. The van der Waals surface area contributed by atoms with Gasteiger partial charge in [0.15, 0.2) is 0 Å². The molecule has 0 saturated heterocycles. The molecule has 2 rings (SSSR count). The molecule has 0 aliphatic heterocycles. The lowest BCUT2D eigenvalue weighted by Crippen LogP contribution is -1.97. The molecule has 0 spiro atoms. The summed E-state index contributed by atoms with van der Waals surface area (Å²) in [5.41, 5.74) is 8.23. The van der Waals surface area contributed by atoms with Crippen LogP contribution in [0.15, 0.2) is 12.4 Å². The highest BCUT2D eigenvalue weighted by atomic mass is 15.4. The Morgan fingerprint density at radius 3 is 2.80 bits per heavy atom. The predicted molar refractivity (Wildman–Crippen MR) is 55.4 cm³/mol. The third-order valence-electron chi connectivity index (χ3n) is 2.21. The van der Waals surface area contributed by atoms with E-state index in [2.05, 4.69) is 22.3 Å². The lowest BCUT2D eigenvalue weighted by molar-refractivity contribution is 0.746. The molecule has 80 valence electrons. The summed E-state index contributed by atoms with van der Waals surface area (Å²) in [6.07, 6.45) is 4.62. The molecule has 0 atom stereocenters. The van der Waals surface area contributed by atoms with Gasteiger partial charge in [0.2, 0.25) is 0 Å². The van der Waals surface area contributed by atoms with Crippen LogP contribution in [0, 0.1) is 0 Å². The van der Waals surface area contributed by atoms with Gasteiger partial charge in [0, 0.05) is 13.6 Å². The van der Waals surface area contributed by atoms with Crippen molar-refractivity contribution in [1.82, 2.24) is 24.8 Å². The van der Waals surface area contributed by atoms with Gasteiger partial charge in [0.1, 0.15) is 5.69 Å². The zero-order valence-corrected chi connectivity index (χ0v) is 8.88. The molecule has 0 saturated carbocycles. The fourth-order valence-electron chi connectivity index (χ4n) is 1.47. The lowest BCUT2D eigenvalue weighted by Gasteiger charge is -1.96. The zero-order chi connectivity index (χ0) is 10.8. The molecular weight excluding hydrogens is 192 g/mol. The van der Waals surface area contributed by atoms with E-state index < -0.39 is 0 Å². The third kappa shape index (κ3) is 1.75. The number of nitrogens with two attached hydrogens (primary N) is 1. The van der Waals surface area contributed by atoms with E-state index in [4.69, 9.17) is 5.73 Å². The Labute approximate surface area is 87.7 Å². The minimum absolute atomic E-state index is 0.404. The van der Waals surface area contributed by atoms with Crippen molar-refractivity contribution < 1.29 is 0 Å². The molecular formula is C9H14N6. The van der Waals surface area contributed by atoms with E-state index >= 15 is 0 Å². The molecule has 0 radical (unpaired) electrons. The average Bonchev–Trinajstić information content (AvgIpc) is 2.82. The monoisotopic (exact) mass is 206 g/mol. The van der Waals surface area contributed by atoms with Crippen LogP contribution in [0.1, 0.15) is 18.3 Å². The van der Waals surface area contributed by atoms with E-state index in [1.165, 1.54) is 0 Å². The van der Waals surface area contributed by atoms with Gasteiger partial charge < -0.3 is 5.73 Å². The smallest absolute Gasteiger partial charge is 0.107 e. The number of hydrogen-bond donors (Lipinski definition) is 1. The van der Waals surface area contributed by atoms with Gasteiger partial charge in [-0.25, -0.2) is 4.68 Å². The van der Waals surface area contributed by atoms with Crippen molar-refractivity contribution in [3.8, 4) is 5.69 Å². The van der Waals surface area contributed by atoms with E-state index in [-0.39, 0.29) is 0 Å². The summed E-state index contributed by atoms with van der Waals surface area (Å²) in [5.74, 6) is 0. The summed E-state index contributed by atoms with van der Waals surface area (Å²) < 4.78 is 3.49. The SMILES string of the molecule is CCc1nn(C)cc1-n1cc(CN)nn1. The van der Waals surface area contributed by atoms with E-state index in [9.17, 15) is 0 Å². The molecule has 15 heavy (non-hydrogen) atoms. The average molecular weight is 206 g/mol. The van der Waals surface area contributed by atoms with E-state index in [1.807, 2.05) is 19.4 Å². The second-order valence-corrected chi connectivity index (χ2v) is 3.35. The lowest BCUT2D eigenvalue weighted by atomic mass is 10.3. The molecule has 0 aliphatic rings. The van der Waals surface area contributed by atoms with E-state index in [1.54, 1.807) is 9.36 Å². The van der Waals surface area contributed by atoms with Crippen LogP contribution in [-0.2, 0) is 20.0 Å². The normalized spacial score (nSPS) is 10.9. The first-order valence-corrected chi connectivity index (χ1v) is 4.88. The van der Waals surface area contributed by atoms with Crippen LogP contribution in [0.3, 0.4) is 0 Å². The van der Waals surface area contributed by atoms with E-state index in [0.717, 1.165) is 23.5 Å². The summed E-state index contributed by atoms with van der Waals surface area (Å²) >= 11 is 0. The van der Waals surface area contributed by atoms with Gasteiger partial charge in [-0.2, -0.15) is 5.10 Å². The van der Waals surface area contributed by atoms with Crippen molar-refractivity contribution in [2.75, 3.05) is 0 Å². The molecule has 6 nitrogen and oxygen atoms in total.